The summed E-state index contributed by atoms with van der Waals surface area (Å²) in [5.41, 5.74) is 1.19. The third kappa shape index (κ3) is 2.90. The number of phenols is 1. The van der Waals surface area contributed by atoms with Crippen molar-refractivity contribution in [2.45, 2.75) is 6.42 Å². The van der Waals surface area contributed by atoms with Crippen LogP contribution in [0.4, 0.5) is 0 Å². The van der Waals surface area contributed by atoms with E-state index in [-0.39, 0.29) is 0 Å². The summed E-state index contributed by atoms with van der Waals surface area (Å²) in [6, 6.07) is 7.18. The highest BCUT2D eigenvalue weighted by atomic mass is 16.3. The lowest BCUT2D eigenvalue weighted by atomic mass is 10.1. The molecular formula is C9H14N2O. The zero-order valence-electron chi connectivity index (χ0n) is 7.20. The molecule has 12 heavy (non-hydrogen) atoms. The number of benzene rings is 1. The molecule has 1 aromatic carbocycles. The average Bonchev–Trinajstić information content (AvgIpc) is 2.03. The maximum atomic E-state index is 9.00. The lowest BCUT2D eigenvalue weighted by Gasteiger charge is -2.08. The van der Waals surface area contributed by atoms with Crippen LogP contribution in [0.15, 0.2) is 24.3 Å². The van der Waals surface area contributed by atoms with E-state index >= 15 is 0 Å². The molecule has 1 rings (SSSR count). The minimum Gasteiger partial charge on any atom is -0.508 e. The van der Waals surface area contributed by atoms with Gasteiger partial charge in [0, 0.05) is 13.6 Å². The minimum atomic E-state index is 0.305. The summed E-state index contributed by atoms with van der Waals surface area (Å²) >= 11 is 0. The van der Waals surface area contributed by atoms with Crippen molar-refractivity contribution in [1.29, 1.82) is 0 Å². The predicted octanol–water partition coefficient (Wildman–Crippen LogP) is 0.740. The third-order valence-corrected chi connectivity index (χ3v) is 1.69. The normalized spacial score (nSPS) is 10.6. The summed E-state index contributed by atoms with van der Waals surface area (Å²) in [7, 11) is 1.83. The Morgan fingerprint density at radius 3 is 2.42 bits per heavy atom. The molecule has 66 valence electrons. The van der Waals surface area contributed by atoms with Gasteiger partial charge < -0.3 is 5.11 Å². The second-order valence-corrected chi connectivity index (χ2v) is 2.90. The molecule has 0 bridgehead atoms. The quantitative estimate of drug-likeness (QED) is 0.514. The third-order valence-electron chi connectivity index (χ3n) is 1.69. The van der Waals surface area contributed by atoms with Gasteiger partial charge >= 0.3 is 0 Å². The Morgan fingerprint density at radius 2 is 1.92 bits per heavy atom. The van der Waals surface area contributed by atoms with Crippen LogP contribution in [0.25, 0.3) is 0 Å². The van der Waals surface area contributed by atoms with Gasteiger partial charge in [0.2, 0.25) is 0 Å². The van der Waals surface area contributed by atoms with Crippen LogP contribution in [-0.4, -0.2) is 23.7 Å². The van der Waals surface area contributed by atoms with Crippen molar-refractivity contribution in [1.82, 2.24) is 5.01 Å². The van der Waals surface area contributed by atoms with Crippen LogP contribution in [0.3, 0.4) is 0 Å². The van der Waals surface area contributed by atoms with Crippen LogP contribution in [0.1, 0.15) is 5.56 Å². The van der Waals surface area contributed by atoms with Crippen molar-refractivity contribution in [2.75, 3.05) is 13.6 Å². The van der Waals surface area contributed by atoms with Crippen LogP contribution >= 0.6 is 0 Å². The highest BCUT2D eigenvalue weighted by molar-refractivity contribution is 5.25. The Kier molecular flexibility index (Phi) is 3.08. The summed E-state index contributed by atoms with van der Waals surface area (Å²) in [6.07, 6.45) is 0.910. The number of hydrazine groups is 1. The first kappa shape index (κ1) is 9.03. The standard InChI is InChI=1S/C9H14N2O/c1-11(10)7-6-8-2-4-9(12)5-3-8/h2-5,12H,6-7,10H2,1H3. The van der Waals surface area contributed by atoms with Gasteiger partial charge in [0.15, 0.2) is 0 Å². The molecule has 0 fully saturated rings. The summed E-state index contributed by atoms with van der Waals surface area (Å²) in [4.78, 5) is 0. The van der Waals surface area contributed by atoms with E-state index in [0.29, 0.717) is 5.75 Å². The van der Waals surface area contributed by atoms with E-state index in [1.165, 1.54) is 5.56 Å². The van der Waals surface area contributed by atoms with E-state index < -0.39 is 0 Å². The van der Waals surface area contributed by atoms with Crippen molar-refractivity contribution in [2.24, 2.45) is 5.84 Å². The Labute approximate surface area is 72.4 Å². The monoisotopic (exact) mass is 166 g/mol. The number of phenolic OH excluding ortho intramolecular Hbond substituents is 1. The molecule has 0 spiro atoms. The molecule has 0 aliphatic rings. The van der Waals surface area contributed by atoms with E-state index in [9.17, 15) is 0 Å². The molecule has 0 heterocycles. The van der Waals surface area contributed by atoms with Gasteiger partial charge in [0.05, 0.1) is 0 Å². The zero-order valence-corrected chi connectivity index (χ0v) is 7.20. The summed E-state index contributed by atoms with van der Waals surface area (Å²) in [6.45, 7) is 0.824. The van der Waals surface area contributed by atoms with Crippen molar-refractivity contribution >= 4 is 0 Å². The minimum absolute atomic E-state index is 0.305. The van der Waals surface area contributed by atoms with Crippen molar-refractivity contribution in [3.05, 3.63) is 29.8 Å². The lowest BCUT2D eigenvalue weighted by molar-refractivity contribution is 0.354. The van der Waals surface area contributed by atoms with E-state index in [1.807, 2.05) is 19.2 Å². The molecule has 3 nitrogen and oxygen atoms in total. The lowest BCUT2D eigenvalue weighted by Crippen LogP contribution is -2.28. The van der Waals surface area contributed by atoms with Crippen LogP contribution in [-0.2, 0) is 6.42 Å². The largest absolute Gasteiger partial charge is 0.508 e. The first-order valence-electron chi connectivity index (χ1n) is 3.92. The number of nitrogens with zero attached hydrogens (tertiary/aromatic N) is 1. The van der Waals surface area contributed by atoms with Crippen molar-refractivity contribution in [3.8, 4) is 5.75 Å². The molecular weight excluding hydrogens is 152 g/mol. The SMILES string of the molecule is CN(N)CCc1ccc(O)cc1. The van der Waals surface area contributed by atoms with Crippen LogP contribution in [0.2, 0.25) is 0 Å². The van der Waals surface area contributed by atoms with Gasteiger partial charge in [-0.15, -0.1) is 0 Å². The fraction of sp³-hybridized carbons (Fsp3) is 0.333. The van der Waals surface area contributed by atoms with E-state index in [0.717, 1.165) is 13.0 Å². The Hall–Kier alpha value is -1.06. The van der Waals surface area contributed by atoms with Crippen molar-refractivity contribution < 1.29 is 5.11 Å². The van der Waals surface area contributed by atoms with Gasteiger partial charge in [0.1, 0.15) is 5.75 Å². The van der Waals surface area contributed by atoms with Gasteiger partial charge in [-0.3, -0.25) is 5.84 Å². The maximum absolute atomic E-state index is 9.00. The number of aromatic hydroxyl groups is 1. The second-order valence-electron chi connectivity index (χ2n) is 2.90. The first-order valence-corrected chi connectivity index (χ1v) is 3.92. The second kappa shape index (κ2) is 4.09. The molecule has 0 aromatic heterocycles. The highest BCUT2D eigenvalue weighted by Crippen LogP contribution is 2.09. The summed E-state index contributed by atoms with van der Waals surface area (Å²) < 4.78 is 0. The molecule has 0 unspecified atom stereocenters. The highest BCUT2D eigenvalue weighted by Gasteiger charge is 1.94. The molecule has 0 saturated carbocycles. The molecule has 3 N–H and O–H groups in total. The molecule has 0 aliphatic heterocycles. The van der Waals surface area contributed by atoms with E-state index in [4.69, 9.17) is 10.9 Å². The topological polar surface area (TPSA) is 49.5 Å². The number of hydrogen-bond donors (Lipinski definition) is 2. The van der Waals surface area contributed by atoms with E-state index in [1.54, 1.807) is 17.1 Å². The first-order chi connectivity index (χ1) is 5.68. The van der Waals surface area contributed by atoms with Crippen LogP contribution in [0.5, 0.6) is 5.75 Å². The molecule has 0 saturated heterocycles. The Bertz CT molecular complexity index is 231. The molecule has 0 amide bonds. The fourth-order valence-corrected chi connectivity index (χ4v) is 0.968. The zero-order chi connectivity index (χ0) is 8.97. The fourth-order valence-electron chi connectivity index (χ4n) is 0.968. The molecule has 0 atom stereocenters. The van der Waals surface area contributed by atoms with Crippen molar-refractivity contribution in [3.63, 3.8) is 0 Å². The number of rotatable bonds is 3. The Morgan fingerprint density at radius 1 is 1.33 bits per heavy atom. The average molecular weight is 166 g/mol. The van der Waals surface area contributed by atoms with Crippen LogP contribution in [0, 0.1) is 0 Å². The van der Waals surface area contributed by atoms with Crippen LogP contribution < -0.4 is 5.84 Å². The predicted molar refractivity (Wildman–Crippen MR) is 48.6 cm³/mol. The van der Waals surface area contributed by atoms with Gasteiger partial charge in [-0.1, -0.05) is 12.1 Å². The summed E-state index contributed by atoms with van der Waals surface area (Å²) in [5.74, 6) is 5.76. The van der Waals surface area contributed by atoms with Gasteiger partial charge in [0.25, 0.3) is 0 Å². The van der Waals surface area contributed by atoms with E-state index in [2.05, 4.69) is 0 Å². The van der Waals surface area contributed by atoms with Gasteiger partial charge in [-0.05, 0) is 24.1 Å². The number of hydrogen-bond acceptors (Lipinski definition) is 3. The van der Waals surface area contributed by atoms with Gasteiger partial charge in [-0.2, -0.15) is 0 Å². The smallest absolute Gasteiger partial charge is 0.115 e. The summed E-state index contributed by atoms with van der Waals surface area (Å²) in [5, 5.41) is 10.6. The molecule has 0 radical (unpaired) electrons. The molecule has 3 heteroatoms. The maximum Gasteiger partial charge on any atom is 0.115 e. The number of likely N-dealkylation sites (N-methyl/N-ethyl adjacent to an activating group) is 1. The Balaban J connectivity index is 2.48. The number of nitrogens with two attached hydrogens (primary N) is 1. The van der Waals surface area contributed by atoms with Gasteiger partial charge in [-0.25, -0.2) is 5.01 Å². The molecule has 0 aliphatic carbocycles. The molecule has 1 aromatic rings.